The van der Waals surface area contributed by atoms with Gasteiger partial charge < -0.3 is 10.2 Å². The van der Waals surface area contributed by atoms with Crippen molar-refractivity contribution in [2.75, 3.05) is 0 Å². The molecule has 2 fully saturated rings. The molecular formula is C30H48O6. The summed E-state index contributed by atoms with van der Waals surface area (Å²) in [7, 11) is 0. The first-order valence-electron chi connectivity index (χ1n) is 13.9. The number of Topliss-reactive ketones (excluding diaryl/α,β-unsaturated/α-hetero) is 2. The van der Waals surface area contributed by atoms with Gasteiger partial charge in [0, 0.05) is 24.7 Å². The van der Waals surface area contributed by atoms with Crippen LogP contribution in [0.15, 0.2) is 12.2 Å². The van der Waals surface area contributed by atoms with Crippen molar-refractivity contribution in [3.8, 4) is 0 Å². The first-order chi connectivity index (χ1) is 16.7. The first-order valence-corrected chi connectivity index (χ1v) is 13.9. The lowest BCUT2D eigenvalue weighted by Gasteiger charge is -2.30. The standard InChI is InChI=1S/C15H24O5.C15H24O/c1-7(2)5-11(16)13-10(15(19)20)6-9(14(17)18)12(13)8(3)4;1-9(2)7-13(16)15-12-6-5-11(8-12)14(15)10(3)4/h7-10,12-13H,5-6H2,1-4H3,(H,17,18)(H,19,20);5-6,9-12,14-15H,7-8H2,1-4H3/t;11-,12+,14+,15?/m.0/s1. The highest BCUT2D eigenvalue weighted by Crippen LogP contribution is 2.51. The van der Waals surface area contributed by atoms with E-state index in [1.165, 1.54) is 6.42 Å². The summed E-state index contributed by atoms with van der Waals surface area (Å²) >= 11 is 0. The molecule has 3 aliphatic rings. The molecule has 36 heavy (non-hydrogen) atoms. The van der Waals surface area contributed by atoms with Gasteiger partial charge >= 0.3 is 11.9 Å². The monoisotopic (exact) mass is 504 g/mol. The van der Waals surface area contributed by atoms with Gasteiger partial charge in [-0.2, -0.15) is 0 Å². The van der Waals surface area contributed by atoms with Crippen molar-refractivity contribution in [1.82, 2.24) is 0 Å². The van der Waals surface area contributed by atoms with Crippen LogP contribution in [0.2, 0.25) is 0 Å². The zero-order valence-electron chi connectivity index (χ0n) is 23.4. The molecule has 6 heteroatoms. The minimum atomic E-state index is -1.05. The molecular weight excluding hydrogens is 456 g/mol. The van der Waals surface area contributed by atoms with E-state index in [9.17, 15) is 29.4 Å². The van der Waals surface area contributed by atoms with Crippen LogP contribution in [-0.4, -0.2) is 33.7 Å². The van der Waals surface area contributed by atoms with E-state index in [4.69, 9.17) is 0 Å². The molecule has 0 aliphatic heterocycles. The molecule has 0 radical (unpaired) electrons. The van der Waals surface area contributed by atoms with E-state index in [0.717, 1.165) is 6.42 Å². The number of carbonyl (C=O) groups is 4. The Balaban J connectivity index is 0.000000259. The van der Waals surface area contributed by atoms with Gasteiger partial charge in [-0.15, -0.1) is 0 Å². The van der Waals surface area contributed by atoms with Crippen molar-refractivity contribution in [3.63, 3.8) is 0 Å². The molecule has 0 aromatic carbocycles. The molecule has 5 unspecified atom stereocenters. The number of allylic oxidation sites excluding steroid dienone is 2. The van der Waals surface area contributed by atoms with Gasteiger partial charge in [-0.3, -0.25) is 19.2 Å². The van der Waals surface area contributed by atoms with Crippen LogP contribution < -0.4 is 0 Å². The zero-order chi connectivity index (χ0) is 27.5. The number of carboxylic acids is 2. The predicted octanol–water partition coefficient (Wildman–Crippen LogP) is 5.99. The van der Waals surface area contributed by atoms with Crippen LogP contribution in [0.25, 0.3) is 0 Å². The maximum absolute atomic E-state index is 12.4. The van der Waals surface area contributed by atoms with E-state index in [0.29, 0.717) is 47.7 Å². The molecule has 0 spiro atoms. The van der Waals surface area contributed by atoms with Gasteiger partial charge in [-0.25, -0.2) is 0 Å². The fraction of sp³-hybridized carbons (Fsp3) is 0.800. The van der Waals surface area contributed by atoms with E-state index in [1.807, 2.05) is 27.7 Å². The summed E-state index contributed by atoms with van der Waals surface area (Å²) in [5, 5.41) is 18.6. The van der Waals surface area contributed by atoms with E-state index in [-0.39, 0.29) is 30.0 Å². The molecule has 204 valence electrons. The Bertz CT molecular complexity index is 838. The average molecular weight is 505 g/mol. The van der Waals surface area contributed by atoms with Crippen LogP contribution in [0.4, 0.5) is 0 Å². The van der Waals surface area contributed by atoms with Crippen LogP contribution in [0.5, 0.6) is 0 Å². The third kappa shape index (κ3) is 6.86. The largest absolute Gasteiger partial charge is 0.481 e. The molecule has 0 heterocycles. The van der Waals surface area contributed by atoms with Gasteiger partial charge in [-0.1, -0.05) is 67.5 Å². The van der Waals surface area contributed by atoms with Crippen molar-refractivity contribution in [1.29, 1.82) is 0 Å². The maximum Gasteiger partial charge on any atom is 0.307 e. The molecule has 0 saturated heterocycles. The highest BCUT2D eigenvalue weighted by atomic mass is 16.4. The predicted molar refractivity (Wildman–Crippen MR) is 140 cm³/mol. The van der Waals surface area contributed by atoms with Crippen molar-refractivity contribution in [2.24, 2.45) is 71.0 Å². The Morgan fingerprint density at radius 1 is 0.639 bits per heavy atom. The number of carboxylic acid groups (broad SMARTS) is 2. The lowest BCUT2D eigenvalue weighted by Crippen LogP contribution is -2.34. The van der Waals surface area contributed by atoms with Crippen LogP contribution in [-0.2, 0) is 19.2 Å². The topological polar surface area (TPSA) is 109 Å². The molecule has 3 rings (SSSR count). The fourth-order valence-electron chi connectivity index (χ4n) is 7.23. The van der Waals surface area contributed by atoms with Gasteiger partial charge in [-0.05, 0) is 60.2 Å². The second-order valence-electron chi connectivity index (χ2n) is 12.9. The molecule has 2 saturated carbocycles. The summed E-state index contributed by atoms with van der Waals surface area (Å²) in [4.78, 5) is 47.5. The van der Waals surface area contributed by atoms with Gasteiger partial charge in [0.2, 0.25) is 0 Å². The molecule has 8 atom stereocenters. The third-order valence-electron chi connectivity index (χ3n) is 8.48. The lowest BCUT2D eigenvalue weighted by molar-refractivity contribution is -0.146. The average Bonchev–Trinajstić information content (AvgIpc) is 3.45. The Hall–Kier alpha value is -1.98. The number of aliphatic carboxylic acids is 2. The molecule has 0 aromatic rings. The highest BCUT2D eigenvalue weighted by molar-refractivity contribution is 5.89. The van der Waals surface area contributed by atoms with Crippen LogP contribution >= 0.6 is 0 Å². The summed E-state index contributed by atoms with van der Waals surface area (Å²) in [5.74, 6) is -0.840. The van der Waals surface area contributed by atoms with E-state index in [1.54, 1.807) is 0 Å². The second-order valence-corrected chi connectivity index (χ2v) is 12.9. The molecule has 0 amide bonds. The number of hydrogen-bond donors (Lipinski definition) is 2. The minimum Gasteiger partial charge on any atom is -0.481 e. The van der Waals surface area contributed by atoms with Gasteiger partial charge in [0.25, 0.3) is 0 Å². The maximum atomic E-state index is 12.4. The smallest absolute Gasteiger partial charge is 0.307 e. The number of rotatable bonds is 10. The number of ketones is 2. The van der Waals surface area contributed by atoms with Crippen LogP contribution in [0.1, 0.15) is 81.1 Å². The van der Waals surface area contributed by atoms with Crippen molar-refractivity contribution < 1.29 is 29.4 Å². The first kappa shape index (κ1) is 30.2. The van der Waals surface area contributed by atoms with E-state index in [2.05, 4.69) is 39.8 Å². The molecule has 2 N–H and O–H groups in total. The highest BCUT2D eigenvalue weighted by Gasteiger charge is 2.53. The Labute approximate surface area is 217 Å². The fourth-order valence-corrected chi connectivity index (χ4v) is 7.23. The van der Waals surface area contributed by atoms with Crippen LogP contribution in [0, 0.1) is 71.0 Å². The van der Waals surface area contributed by atoms with Crippen molar-refractivity contribution >= 4 is 23.5 Å². The molecule has 6 nitrogen and oxygen atoms in total. The Kier molecular flexibility index (Phi) is 10.5. The zero-order valence-corrected chi connectivity index (χ0v) is 23.4. The SMILES string of the molecule is CC(C)CC(=O)C1C(C(=O)O)CC(C(=O)O)C1C(C)C.CC(C)CC(=O)C1[C@H](C(C)C)[C@H]2C=C[C@@H]1C2. The molecule has 2 bridgehead atoms. The normalized spacial score (nSPS) is 32.9. The lowest BCUT2D eigenvalue weighted by atomic mass is 9.73. The molecule has 0 aromatic heterocycles. The summed E-state index contributed by atoms with van der Waals surface area (Å²) < 4.78 is 0. The summed E-state index contributed by atoms with van der Waals surface area (Å²) in [5.41, 5.74) is 0. The van der Waals surface area contributed by atoms with Crippen molar-refractivity contribution in [3.05, 3.63) is 12.2 Å². The van der Waals surface area contributed by atoms with E-state index >= 15 is 0 Å². The van der Waals surface area contributed by atoms with Crippen molar-refractivity contribution in [2.45, 2.75) is 81.1 Å². The summed E-state index contributed by atoms with van der Waals surface area (Å²) in [6, 6.07) is 0. The minimum absolute atomic E-state index is 0.0263. The number of fused-ring (bicyclic) bond motifs is 2. The van der Waals surface area contributed by atoms with Crippen LogP contribution in [0.3, 0.4) is 0 Å². The molecule has 3 aliphatic carbocycles. The van der Waals surface area contributed by atoms with Gasteiger partial charge in [0.15, 0.2) is 0 Å². The summed E-state index contributed by atoms with van der Waals surface area (Å²) in [6.45, 7) is 16.4. The second kappa shape index (κ2) is 12.5. The number of hydrogen-bond acceptors (Lipinski definition) is 4. The van der Waals surface area contributed by atoms with Gasteiger partial charge in [0.05, 0.1) is 11.8 Å². The quantitative estimate of drug-likeness (QED) is 0.354. The van der Waals surface area contributed by atoms with E-state index < -0.39 is 29.7 Å². The van der Waals surface area contributed by atoms with Gasteiger partial charge in [0.1, 0.15) is 11.6 Å². The summed E-state index contributed by atoms with van der Waals surface area (Å²) in [6.07, 6.45) is 7.02. The third-order valence-corrected chi connectivity index (χ3v) is 8.48. The number of carbonyl (C=O) groups excluding carboxylic acids is 2. The Morgan fingerprint density at radius 3 is 1.50 bits per heavy atom. The Morgan fingerprint density at radius 2 is 1.08 bits per heavy atom.